The Morgan fingerprint density at radius 2 is 1.95 bits per heavy atom. The second kappa shape index (κ2) is 6.23. The summed E-state index contributed by atoms with van der Waals surface area (Å²) in [6, 6.07) is 9.71. The zero-order valence-electron chi connectivity index (χ0n) is 12.2. The highest BCUT2D eigenvalue weighted by Gasteiger charge is 2.33. The summed E-state index contributed by atoms with van der Waals surface area (Å²) in [7, 11) is 0. The highest BCUT2D eigenvalue weighted by atomic mass is 16.1. The molecule has 2 nitrogen and oxygen atoms in total. The number of carbonyl (C=O) groups is 1. The Morgan fingerprint density at radius 3 is 2.53 bits per heavy atom. The summed E-state index contributed by atoms with van der Waals surface area (Å²) in [5.41, 5.74) is 0.896. The lowest BCUT2D eigenvalue weighted by atomic mass is 9.82. The van der Waals surface area contributed by atoms with Crippen LogP contribution in [0.15, 0.2) is 30.3 Å². The first-order chi connectivity index (χ1) is 9.08. The molecule has 4 atom stereocenters. The normalized spacial score (nSPS) is 28.1. The summed E-state index contributed by atoms with van der Waals surface area (Å²) < 4.78 is 0. The van der Waals surface area contributed by atoms with Gasteiger partial charge in [0, 0.05) is 12.1 Å². The molecule has 0 bridgehead atoms. The number of hydrogen-bond donors (Lipinski definition) is 1. The van der Waals surface area contributed by atoms with Gasteiger partial charge in [-0.25, -0.2) is 0 Å². The summed E-state index contributed by atoms with van der Waals surface area (Å²) in [6.45, 7) is 6.90. The van der Waals surface area contributed by atoms with Crippen molar-refractivity contribution in [3.8, 4) is 0 Å². The lowest BCUT2D eigenvalue weighted by molar-refractivity contribution is -0.117. The summed E-state index contributed by atoms with van der Waals surface area (Å²) in [5.74, 6) is 2.88. The highest BCUT2D eigenvalue weighted by Crippen LogP contribution is 2.41. The van der Waals surface area contributed by atoms with Crippen LogP contribution in [-0.2, 0) is 4.79 Å². The van der Waals surface area contributed by atoms with Crippen LogP contribution in [0.1, 0.15) is 40.0 Å². The SMILES string of the molecule is C[C@H]1[C@@H]([C@H](C)CC(=O)Nc2ccccc2)CC[C@H]1C. The van der Waals surface area contributed by atoms with Gasteiger partial charge in [-0.1, -0.05) is 45.4 Å². The Hall–Kier alpha value is -1.31. The van der Waals surface area contributed by atoms with Crippen molar-refractivity contribution in [3.05, 3.63) is 30.3 Å². The average Bonchev–Trinajstić information content (AvgIpc) is 2.71. The third-order valence-electron chi connectivity index (χ3n) is 4.82. The van der Waals surface area contributed by atoms with Gasteiger partial charge in [0.15, 0.2) is 0 Å². The van der Waals surface area contributed by atoms with Gasteiger partial charge < -0.3 is 5.32 Å². The first-order valence-corrected chi connectivity index (χ1v) is 7.43. The Balaban J connectivity index is 1.85. The van der Waals surface area contributed by atoms with Gasteiger partial charge in [-0.3, -0.25) is 4.79 Å². The average molecular weight is 259 g/mol. The molecular weight excluding hydrogens is 234 g/mol. The Labute approximate surface area is 116 Å². The standard InChI is InChI=1S/C17H25NO/c1-12-9-10-16(14(12)3)13(2)11-17(19)18-15-7-5-4-6-8-15/h4-8,12-14,16H,9-11H2,1-3H3,(H,18,19)/t12-,13-,14-,16-/m1/s1. The van der Waals surface area contributed by atoms with E-state index >= 15 is 0 Å². The highest BCUT2D eigenvalue weighted by molar-refractivity contribution is 5.90. The van der Waals surface area contributed by atoms with Gasteiger partial charge in [0.1, 0.15) is 0 Å². The fourth-order valence-electron chi connectivity index (χ4n) is 3.38. The Bertz CT molecular complexity index is 415. The largest absolute Gasteiger partial charge is 0.326 e. The Morgan fingerprint density at radius 1 is 1.26 bits per heavy atom. The van der Waals surface area contributed by atoms with Crippen LogP contribution >= 0.6 is 0 Å². The zero-order chi connectivity index (χ0) is 13.8. The molecule has 1 saturated carbocycles. The third-order valence-corrected chi connectivity index (χ3v) is 4.82. The van der Waals surface area contributed by atoms with E-state index in [0.29, 0.717) is 18.3 Å². The molecule has 1 aliphatic carbocycles. The van der Waals surface area contributed by atoms with Crippen LogP contribution in [0.3, 0.4) is 0 Å². The molecule has 0 unspecified atom stereocenters. The maximum Gasteiger partial charge on any atom is 0.224 e. The van der Waals surface area contributed by atoms with Crippen molar-refractivity contribution in [1.29, 1.82) is 0 Å². The van der Waals surface area contributed by atoms with Crippen molar-refractivity contribution in [3.63, 3.8) is 0 Å². The van der Waals surface area contributed by atoms with Crippen LogP contribution in [0.5, 0.6) is 0 Å². The van der Waals surface area contributed by atoms with Crippen molar-refractivity contribution >= 4 is 11.6 Å². The lowest BCUT2D eigenvalue weighted by Gasteiger charge is -2.24. The van der Waals surface area contributed by atoms with Gasteiger partial charge in [0.25, 0.3) is 0 Å². The van der Waals surface area contributed by atoms with Crippen molar-refractivity contribution in [2.75, 3.05) is 5.32 Å². The van der Waals surface area contributed by atoms with E-state index in [4.69, 9.17) is 0 Å². The summed E-state index contributed by atoms with van der Waals surface area (Å²) in [6.07, 6.45) is 3.23. The number of rotatable bonds is 4. The molecule has 0 saturated heterocycles. The number of anilines is 1. The van der Waals surface area contributed by atoms with E-state index in [1.165, 1.54) is 12.8 Å². The van der Waals surface area contributed by atoms with E-state index in [9.17, 15) is 4.79 Å². The van der Waals surface area contributed by atoms with Gasteiger partial charge in [-0.15, -0.1) is 0 Å². The molecule has 0 heterocycles. The second-order valence-electron chi connectivity index (χ2n) is 6.17. The van der Waals surface area contributed by atoms with E-state index in [1.54, 1.807) is 0 Å². The van der Waals surface area contributed by atoms with Crippen LogP contribution < -0.4 is 5.32 Å². The minimum Gasteiger partial charge on any atom is -0.326 e. The van der Waals surface area contributed by atoms with E-state index in [0.717, 1.165) is 17.5 Å². The quantitative estimate of drug-likeness (QED) is 0.856. The molecule has 1 amide bonds. The minimum atomic E-state index is 0.144. The maximum absolute atomic E-state index is 12.1. The molecule has 1 aromatic rings. The first-order valence-electron chi connectivity index (χ1n) is 7.43. The molecule has 19 heavy (non-hydrogen) atoms. The number of amides is 1. The van der Waals surface area contributed by atoms with E-state index in [-0.39, 0.29) is 5.91 Å². The number of hydrogen-bond acceptors (Lipinski definition) is 1. The van der Waals surface area contributed by atoms with E-state index < -0.39 is 0 Å². The Kier molecular flexibility index (Phi) is 4.62. The van der Waals surface area contributed by atoms with Gasteiger partial charge in [-0.05, 0) is 42.2 Å². The van der Waals surface area contributed by atoms with Crippen LogP contribution in [0.25, 0.3) is 0 Å². The van der Waals surface area contributed by atoms with Gasteiger partial charge in [0.2, 0.25) is 5.91 Å². The van der Waals surface area contributed by atoms with Crippen molar-refractivity contribution in [2.45, 2.75) is 40.0 Å². The number of carbonyl (C=O) groups excluding carboxylic acids is 1. The number of para-hydroxylation sites is 1. The molecule has 0 radical (unpaired) electrons. The third kappa shape index (κ3) is 3.59. The molecule has 1 fully saturated rings. The predicted molar refractivity (Wildman–Crippen MR) is 79.9 cm³/mol. The molecule has 1 N–H and O–H groups in total. The van der Waals surface area contributed by atoms with Crippen molar-refractivity contribution in [2.24, 2.45) is 23.7 Å². The lowest BCUT2D eigenvalue weighted by Crippen LogP contribution is -2.22. The summed E-state index contributed by atoms with van der Waals surface area (Å²) >= 11 is 0. The zero-order valence-corrected chi connectivity index (χ0v) is 12.2. The number of benzene rings is 1. The van der Waals surface area contributed by atoms with Crippen molar-refractivity contribution < 1.29 is 4.79 Å². The number of nitrogens with one attached hydrogen (secondary N) is 1. The molecule has 2 heteroatoms. The molecule has 2 rings (SSSR count). The van der Waals surface area contributed by atoms with Gasteiger partial charge >= 0.3 is 0 Å². The summed E-state index contributed by atoms with van der Waals surface area (Å²) in [5, 5.41) is 2.98. The van der Waals surface area contributed by atoms with Gasteiger partial charge in [-0.2, -0.15) is 0 Å². The minimum absolute atomic E-state index is 0.144. The van der Waals surface area contributed by atoms with E-state index in [1.807, 2.05) is 30.3 Å². The topological polar surface area (TPSA) is 29.1 Å². The fourth-order valence-corrected chi connectivity index (χ4v) is 3.38. The summed E-state index contributed by atoms with van der Waals surface area (Å²) in [4.78, 5) is 12.1. The smallest absolute Gasteiger partial charge is 0.224 e. The van der Waals surface area contributed by atoms with E-state index in [2.05, 4.69) is 26.1 Å². The van der Waals surface area contributed by atoms with Crippen molar-refractivity contribution in [1.82, 2.24) is 0 Å². The predicted octanol–water partition coefficient (Wildman–Crippen LogP) is 4.33. The molecule has 1 aromatic carbocycles. The van der Waals surface area contributed by atoms with Crippen LogP contribution in [-0.4, -0.2) is 5.91 Å². The fraction of sp³-hybridized carbons (Fsp3) is 0.588. The maximum atomic E-state index is 12.1. The second-order valence-corrected chi connectivity index (χ2v) is 6.17. The van der Waals surface area contributed by atoms with Crippen LogP contribution in [0.4, 0.5) is 5.69 Å². The first kappa shape index (κ1) is 14.1. The molecule has 1 aliphatic rings. The molecule has 0 aromatic heterocycles. The van der Waals surface area contributed by atoms with Crippen LogP contribution in [0.2, 0.25) is 0 Å². The van der Waals surface area contributed by atoms with Crippen LogP contribution in [0, 0.1) is 23.7 Å². The molecular formula is C17H25NO. The molecule has 0 spiro atoms. The monoisotopic (exact) mass is 259 g/mol. The van der Waals surface area contributed by atoms with Gasteiger partial charge in [0.05, 0.1) is 0 Å². The molecule has 0 aliphatic heterocycles. The molecule has 104 valence electrons.